The van der Waals surface area contributed by atoms with Gasteiger partial charge >= 0.3 is 0 Å². The average Bonchev–Trinajstić information content (AvgIpc) is 2.97. The fourth-order valence-electron chi connectivity index (χ4n) is 2.01. The molecule has 3 aromatic heterocycles. The highest BCUT2D eigenvalue weighted by molar-refractivity contribution is 7.09. The smallest absolute Gasteiger partial charge is 0.157 e. The quantitative estimate of drug-likeness (QED) is 0.785. The Kier molecular flexibility index (Phi) is 2.76. The Balaban J connectivity index is 1.87. The van der Waals surface area contributed by atoms with Gasteiger partial charge in [-0.2, -0.15) is 5.10 Å². The van der Waals surface area contributed by atoms with E-state index in [1.165, 1.54) is 4.88 Å². The molecule has 0 aliphatic heterocycles. The number of rotatable bonds is 3. The predicted molar refractivity (Wildman–Crippen MR) is 74.9 cm³/mol. The lowest BCUT2D eigenvalue weighted by Crippen LogP contribution is -1.98. The molecule has 0 aliphatic carbocycles. The summed E-state index contributed by atoms with van der Waals surface area (Å²) in [6.07, 6.45) is 1.86. The normalized spacial score (nSPS) is 11.0. The molecule has 18 heavy (non-hydrogen) atoms. The van der Waals surface area contributed by atoms with Crippen molar-refractivity contribution >= 4 is 28.1 Å². The summed E-state index contributed by atoms with van der Waals surface area (Å²) in [7, 11) is 1.92. The molecule has 3 rings (SSSR count). The molecule has 4 nitrogen and oxygen atoms in total. The number of nitrogens with one attached hydrogen (secondary N) is 1. The maximum absolute atomic E-state index is 4.44. The lowest BCUT2D eigenvalue weighted by molar-refractivity contribution is 0.774. The molecule has 0 aliphatic rings. The maximum atomic E-state index is 4.44. The highest BCUT2D eigenvalue weighted by atomic mass is 32.1. The fourth-order valence-corrected chi connectivity index (χ4v) is 2.65. The molecule has 3 heterocycles. The molecule has 0 bridgehead atoms. The summed E-state index contributed by atoms with van der Waals surface area (Å²) in [6, 6.07) is 6.30. The van der Waals surface area contributed by atoms with Crippen LogP contribution in [0.3, 0.4) is 0 Å². The van der Waals surface area contributed by atoms with Crippen molar-refractivity contribution in [2.24, 2.45) is 7.05 Å². The Hall–Kier alpha value is -1.88. The second kappa shape index (κ2) is 4.42. The molecular weight excluding hydrogens is 244 g/mol. The van der Waals surface area contributed by atoms with Crippen molar-refractivity contribution in [3.8, 4) is 0 Å². The van der Waals surface area contributed by atoms with Gasteiger partial charge < -0.3 is 5.32 Å². The lowest BCUT2D eigenvalue weighted by Gasteiger charge is -2.04. The van der Waals surface area contributed by atoms with E-state index in [9.17, 15) is 0 Å². The van der Waals surface area contributed by atoms with Gasteiger partial charge in [0, 0.05) is 23.9 Å². The van der Waals surface area contributed by atoms with Gasteiger partial charge in [-0.1, -0.05) is 6.07 Å². The second-order valence-corrected chi connectivity index (χ2v) is 5.27. The molecule has 0 spiro atoms. The summed E-state index contributed by atoms with van der Waals surface area (Å²) in [5, 5.41) is 10.9. The van der Waals surface area contributed by atoms with Gasteiger partial charge in [0.15, 0.2) is 5.65 Å². The Morgan fingerprint density at radius 3 is 3.11 bits per heavy atom. The van der Waals surface area contributed by atoms with Gasteiger partial charge in [0.05, 0.1) is 17.6 Å². The monoisotopic (exact) mass is 258 g/mol. The Bertz CT molecular complexity index is 670. The number of fused-ring (bicyclic) bond motifs is 1. The van der Waals surface area contributed by atoms with Gasteiger partial charge in [-0.15, -0.1) is 11.3 Å². The van der Waals surface area contributed by atoms with Gasteiger partial charge in [0.1, 0.15) is 0 Å². The summed E-state index contributed by atoms with van der Waals surface area (Å²) in [5.41, 5.74) is 2.97. The summed E-state index contributed by atoms with van der Waals surface area (Å²) in [4.78, 5) is 5.76. The van der Waals surface area contributed by atoms with Crippen LogP contribution in [0.5, 0.6) is 0 Å². The third-order valence-corrected chi connectivity index (χ3v) is 3.79. The van der Waals surface area contributed by atoms with Crippen LogP contribution in [0.2, 0.25) is 0 Å². The minimum Gasteiger partial charge on any atom is -0.379 e. The van der Waals surface area contributed by atoms with Crippen LogP contribution in [-0.2, 0) is 13.6 Å². The van der Waals surface area contributed by atoms with Crippen molar-refractivity contribution in [2.45, 2.75) is 13.5 Å². The molecule has 0 saturated heterocycles. The first-order valence-electron chi connectivity index (χ1n) is 5.79. The summed E-state index contributed by atoms with van der Waals surface area (Å²) < 4.78 is 1.81. The van der Waals surface area contributed by atoms with E-state index < -0.39 is 0 Å². The molecule has 0 aromatic carbocycles. The molecular formula is C13H14N4S. The van der Waals surface area contributed by atoms with Gasteiger partial charge in [0.2, 0.25) is 0 Å². The van der Waals surface area contributed by atoms with Crippen molar-refractivity contribution in [1.29, 1.82) is 0 Å². The predicted octanol–water partition coefficient (Wildman–Crippen LogP) is 2.95. The van der Waals surface area contributed by atoms with E-state index in [0.717, 1.165) is 29.0 Å². The molecule has 5 heteroatoms. The molecule has 3 aromatic rings. The van der Waals surface area contributed by atoms with Crippen LogP contribution in [0.1, 0.15) is 10.6 Å². The summed E-state index contributed by atoms with van der Waals surface area (Å²) >= 11 is 1.75. The van der Waals surface area contributed by atoms with E-state index in [0.29, 0.717) is 0 Å². The summed E-state index contributed by atoms with van der Waals surface area (Å²) in [6.45, 7) is 2.84. The zero-order valence-electron chi connectivity index (χ0n) is 10.3. The number of thiophene rings is 1. The maximum Gasteiger partial charge on any atom is 0.157 e. The number of hydrogen-bond acceptors (Lipinski definition) is 4. The van der Waals surface area contributed by atoms with Gasteiger partial charge in [-0.05, 0) is 24.4 Å². The van der Waals surface area contributed by atoms with E-state index >= 15 is 0 Å². The molecule has 0 amide bonds. The minimum atomic E-state index is 0.837. The zero-order valence-corrected chi connectivity index (χ0v) is 11.2. The molecule has 1 N–H and O–H groups in total. The van der Waals surface area contributed by atoms with Crippen molar-refractivity contribution in [3.63, 3.8) is 0 Å². The largest absolute Gasteiger partial charge is 0.379 e. The first kappa shape index (κ1) is 11.2. The summed E-state index contributed by atoms with van der Waals surface area (Å²) in [5.74, 6) is 0. The first-order chi connectivity index (χ1) is 8.74. The van der Waals surface area contributed by atoms with Crippen LogP contribution >= 0.6 is 11.3 Å². The van der Waals surface area contributed by atoms with Crippen molar-refractivity contribution < 1.29 is 0 Å². The molecule has 92 valence electrons. The fraction of sp³-hybridized carbons (Fsp3) is 0.231. The van der Waals surface area contributed by atoms with Crippen LogP contribution in [0.25, 0.3) is 11.0 Å². The van der Waals surface area contributed by atoms with Crippen LogP contribution in [0.4, 0.5) is 5.69 Å². The number of pyridine rings is 1. The Morgan fingerprint density at radius 2 is 2.33 bits per heavy atom. The molecule has 0 fully saturated rings. The van der Waals surface area contributed by atoms with Gasteiger partial charge in [-0.25, -0.2) is 4.98 Å². The highest BCUT2D eigenvalue weighted by Crippen LogP contribution is 2.20. The third kappa shape index (κ3) is 1.97. The van der Waals surface area contributed by atoms with Crippen molar-refractivity contribution in [1.82, 2.24) is 14.8 Å². The van der Waals surface area contributed by atoms with E-state index in [-0.39, 0.29) is 0 Å². The lowest BCUT2D eigenvalue weighted by atomic mass is 10.2. The number of aromatic nitrogens is 3. The topological polar surface area (TPSA) is 42.7 Å². The first-order valence-corrected chi connectivity index (χ1v) is 6.67. The molecule has 0 unspecified atom stereocenters. The van der Waals surface area contributed by atoms with Gasteiger partial charge in [-0.3, -0.25) is 4.68 Å². The number of aryl methyl sites for hydroxylation is 2. The highest BCUT2D eigenvalue weighted by Gasteiger charge is 2.06. The SMILES string of the molecule is Cc1nn(C)c2ncc(NCc3cccs3)cc12. The number of anilines is 1. The van der Waals surface area contributed by atoms with Crippen LogP contribution < -0.4 is 5.32 Å². The molecule has 0 saturated carbocycles. The minimum absolute atomic E-state index is 0.837. The third-order valence-electron chi connectivity index (χ3n) is 2.91. The van der Waals surface area contributed by atoms with Crippen LogP contribution in [-0.4, -0.2) is 14.8 Å². The standard InChI is InChI=1S/C13H14N4S/c1-9-12-6-10(7-15-13(12)17(2)16-9)14-8-11-4-3-5-18-11/h3-7,14H,8H2,1-2H3. The van der Waals surface area contributed by atoms with Crippen molar-refractivity contribution in [3.05, 3.63) is 40.3 Å². The number of hydrogen-bond donors (Lipinski definition) is 1. The number of nitrogens with zero attached hydrogens (tertiary/aromatic N) is 3. The van der Waals surface area contributed by atoms with Crippen LogP contribution in [0.15, 0.2) is 29.8 Å². The molecule has 0 atom stereocenters. The molecule has 0 radical (unpaired) electrons. The zero-order chi connectivity index (χ0) is 12.5. The van der Waals surface area contributed by atoms with E-state index in [1.54, 1.807) is 11.3 Å². The Morgan fingerprint density at radius 1 is 1.44 bits per heavy atom. The van der Waals surface area contributed by atoms with E-state index in [2.05, 4.69) is 39.0 Å². The van der Waals surface area contributed by atoms with Crippen molar-refractivity contribution in [2.75, 3.05) is 5.32 Å². The average molecular weight is 258 g/mol. The second-order valence-electron chi connectivity index (χ2n) is 4.24. The van der Waals surface area contributed by atoms with E-state index in [1.807, 2.05) is 24.9 Å². The Labute approximate surface area is 109 Å². The van der Waals surface area contributed by atoms with Gasteiger partial charge in [0.25, 0.3) is 0 Å². The van der Waals surface area contributed by atoms with E-state index in [4.69, 9.17) is 0 Å². The van der Waals surface area contributed by atoms with Crippen LogP contribution in [0, 0.1) is 6.92 Å².